The number of anilines is 2. The average Bonchev–Trinajstić information content (AvgIpc) is 2.66. The minimum atomic E-state index is -0.802. The van der Waals surface area contributed by atoms with Gasteiger partial charge in [-0.2, -0.15) is 0 Å². The highest BCUT2D eigenvalue weighted by atomic mass is 79.9. The first kappa shape index (κ1) is 19.6. The number of carbonyl (C=O) groups is 1. The summed E-state index contributed by atoms with van der Waals surface area (Å²) in [5, 5.41) is 12.3. The molecule has 0 aliphatic carbocycles. The van der Waals surface area contributed by atoms with Crippen LogP contribution in [0.3, 0.4) is 0 Å². The molecule has 27 heavy (non-hydrogen) atoms. The molecule has 7 heteroatoms. The molecular weight excluding hydrogens is 413 g/mol. The Bertz CT molecular complexity index is 806. The second-order valence-corrected chi connectivity index (χ2v) is 7.72. The standard InChI is InChI=1S/C20H23BrFN3O2/c21-15-9-17(22)19(20(23)27)18(10-15)24-11-13-1-3-16(4-2-13)25-7-5-14(12-26)6-8-25/h1-4,9-10,14,24,26H,5-8,11-12H2,(H2,23,27). The van der Waals surface area contributed by atoms with Gasteiger partial charge >= 0.3 is 0 Å². The van der Waals surface area contributed by atoms with Crippen molar-refractivity contribution in [3.05, 3.63) is 57.8 Å². The fourth-order valence-electron chi connectivity index (χ4n) is 3.36. The molecule has 1 saturated heterocycles. The zero-order valence-corrected chi connectivity index (χ0v) is 16.5. The highest BCUT2D eigenvalue weighted by Crippen LogP contribution is 2.26. The lowest BCUT2D eigenvalue weighted by atomic mass is 9.97. The highest BCUT2D eigenvalue weighted by Gasteiger charge is 2.19. The summed E-state index contributed by atoms with van der Waals surface area (Å²) in [6.45, 7) is 2.61. The van der Waals surface area contributed by atoms with Gasteiger partial charge in [0.2, 0.25) is 0 Å². The third-order valence-corrected chi connectivity index (χ3v) is 5.42. The molecule has 0 atom stereocenters. The molecular formula is C20H23BrFN3O2. The van der Waals surface area contributed by atoms with Crippen LogP contribution in [0.4, 0.5) is 15.8 Å². The van der Waals surface area contributed by atoms with Crippen LogP contribution in [0.15, 0.2) is 40.9 Å². The summed E-state index contributed by atoms with van der Waals surface area (Å²) in [6.07, 6.45) is 2.01. The first-order valence-corrected chi connectivity index (χ1v) is 9.74. The van der Waals surface area contributed by atoms with Gasteiger partial charge in [0, 0.05) is 36.4 Å². The Labute approximate surface area is 166 Å². The van der Waals surface area contributed by atoms with Gasteiger partial charge in [-0.25, -0.2) is 4.39 Å². The number of amides is 1. The molecule has 1 aliphatic rings. The van der Waals surface area contributed by atoms with E-state index in [1.54, 1.807) is 6.07 Å². The molecule has 2 aromatic carbocycles. The van der Waals surface area contributed by atoms with Gasteiger partial charge in [-0.15, -0.1) is 0 Å². The van der Waals surface area contributed by atoms with Crippen molar-refractivity contribution in [2.45, 2.75) is 19.4 Å². The highest BCUT2D eigenvalue weighted by molar-refractivity contribution is 9.10. The number of primary amides is 1. The van der Waals surface area contributed by atoms with Crippen LogP contribution in [0.5, 0.6) is 0 Å². The van der Waals surface area contributed by atoms with Gasteiger partial charge in [0.05, 0.1) is 11.3 Å². The summed E-state index contributed by atoms with van der Waals surface area (Å²) in [4.78, 5) is 13.9. The molecule has 0 radical (unpaired) electrons. The Morgan fingerprint density at radius 3 is 2.52 bits per heavy atom. The van der Waals surface area contributed by atoms with E-state index in [2.05, 4.69) is 38.3 Å². The number of rotatable bonds is 6. The quantitative estimate of drug-likeness (QED) is 0.648. The van der Waals surface area contributed by atoms with Gasteiger partial charge in [0.1, 0.15) is 5.82 Å². The summed E-state index contributed by atoms with van der Waals surface area (Å²) >= 11 is 3.23. The van der Waals surface area contributed by atoms with E-state index < -0.39 is 11.7 Å². The van der Waals surface area contributed by atoms with E-state index in [-0.39, 0.29) is 12.2 Å². The molecule has 4 N–H and O–H groups in total. The summed E-state index contributed by atoms with van der Waals surface area (Å²) in [6, 6.07) is 11.0. The number of nitrogens with two attached hydrogens (primary N) is 1. The summed E-state index contributed by atoms with van der Waals surface area (Å²) in [5.74, 6) is -1.04. The van der Waals surface area contributed by atoms with Gasteiger partial charge in [0.15, 0.2) is 0 Å². The molecule has 0 aromatic heterocycles. The van der Waals surface area contributed by atoms with Crippen LogP contribution >= 0.6 is 15.9 Å². The second kappa shape index (κ2) is 8.71. The minimum Gasteiger partial charge on any atom is -0.396 e. The fourth-order valence-corrected chi connectivity index (χ4v) is 3.79. The van der Waals surface area contributed by atoms with Crippen molar-refractivity contribution < 1.29 is 14.3 Å². The number of nitrogens with one attached hydrogen (secondary N) is 1. The van der Waals surface area contributed by atoms with E-state index in [0.29, 0.717) is 22.6 Å². The monoisotopic (exact) mass is 435 g/mol. The molecule has 1 heterocycles. The Hall–Kier alpha value is -2.12. The second-order valence-electron chi connectivity index (χ2n) is 6.81. The van der Waals surface area contributed by atoms with Gasteiger partial charge < -0.3 is 21.1 Å². The van der Waals surface area contributed by atoms with Crippen molar-refractivity contribution in [1.82, 2.24) is 0 Å². The largest absolute Gasteiger partial charge is 0.396 e. The van der Waals surface area contributed by atoms with Crippen molar-refractivity contribution >= 4 is 33.2 Å². The van der Waals surface area contributed by atoms with Crippen molar-refractivity contribution in [2.75, 3.05) is 29.9 Å². The lowest BCUT2D eigenvalue weighted by Crippen LogP contribution is -2.34. The number of halogens is 2. The average molecular weight is 436 g/mol. The van der Waals surface area contributed by atoms with Gasteiger partial charge in [-0.05, 0) is 48.6 Å². The number of hydrogen-bond acceptors (Lipinski definition) is 4. The van der Waals surface area contributed by atoms with E-state index >= 15 is 0 Å². The van der Waals surface area contributed by atoms with E-state index in [1.807, 2.05) is 12.1 Å². The predicted molar refractivity (Wildman–Crippen MR) is 108 cm³/mol. The molecule has 2 aromatic rings. The van der Waals surface area contributed by atoms with Crippen LogP contribution in [0.1, 0.15) is 28.8 Å². The third kappa shape index (κ3) is 4.78. The molecule has 5 nitrogen and oxygen atoms in total. The number of nitrogens with zero attached hydrogens (tertiary/aromatic N) is 1. The van der Waals surface area contributed by atoms with E-state index in [1.165, 1.54) is 6.07 Å². The van der Waals surface area contributed by atoms with Gasteiger partial charge in [-0.3, -0.25) is 4.79 Å². The molecule has 1 fully saturated rings. The van der Waals surface area contributed by atoms with E-state index in [9.17, 15) is 14.3 Å². The fraction of sp³-hybridized carbons (Fsp3) is 0.350. The number of piperidine rings is 1. The maximum Gasteiger partial charge on any atom is 0.253 e. The molecule has 0 spiro atoms. The summed E-state index contributed by atoms with van der Waals surface area (Å²) in [7, 11) is 0. The third-order valence-electron chi connectivity index (χ3n) is 4.96. The zero-order valence-electron chi connectivity index (χ0n) is 14.9. The smallest absolute Gasteiger partial charge is 0.253 e. The minimum absolute atomic E-state index is 0.137. The van der Waals surface area contributed by atoms with Crippen LogP contribution < -0.4 is 16.0 Å². The van der Waals surface area contributed by atoms with Crippen LogP contribution in [0, 0.1) is 11.7 Å². The number of aliphatic hydroxyl groups excluding tert-OH is 1. The lowest BCUT2D eigenvalue weighted by molar-refractivity contribution is 0.0997. The van der Waals surface area contributed by atoms with Crippen LogP contribution in [0.25, 0.3) is 0 Å². The van der Waals surface area contributed by atoms with Crippen LogP contribution in [0.2, 0.25) is 0 Å². The normalized spacial score (nSPS) is 15.0. The number of hydrogen-bond donors (Lipinski definition) is 3. The Balaban J connectivity index is 1.65. The molecule has 0 saturated carbocycles. The molecule has 0 bridgehead atoms. The predicted octanol–water partition coefficient (Wildman–Crippen LogP) is 3.51. The maximum atomic E-state index is 14.0. The topological polar surface area (TPSA) is 78.6 Å². The van der Waals surface area contributed by atoms with Crippen molar-refractivity contribution in [3.8, 4) is 0 Å². The van der Waals surface area contributed by atoms with E-state index in [0.717, 1.165) is 37.2 Å². The Morgan fingerprint density at radius 1 is 1.26 bits per heavy atom. The SMILES string of the molecule is NC(=O)c1c(F)cc(Br)cc1NCc1ccc(N2CCC(CO)CC2)cc1. The van der Waals surface area contributed by atoms with Crippen LogP contribution in [-0.2, 0) is 6.54 Å². The molecule has 3 rings (SSSR count). The zero-order chi connectivity index (χ0) is 19.4. The number of carbonyl (C=O) groups excluding carboxylic acids is 1. The van der Waals surface area contributed by atoms with Crippen molar-refractivity contribution in [3.63, 3.8) is 0 Å². The Morgan fingerprint density at radius 2 is 1.93 bits per heavy atom. The summed E-state index contributed by atoms with van der Waals surface area (Å²) < 4.78 is 14.5. The van der Waals surface area contributed by atoms with Crippen molar-refractivity contribution in [2.24, 2.45) is 11.7 Å². The molecule has 144 valence electrons. The Kier molecular flexibility index (Phi) is 6.34. The molecule has 0 unspecified atom stereocenters. The first-order chi connectivity index (χ1) is 13.0. The van der Waals surface area contributed by atoms with Crippen LogP contribution in [-0.4, -0.2) is 30.7 Å². The molecule has 1 amide bonds. The first-order valence-electron chi connectivity index (χ1n) is 8.95. The van der Waals surface area contributed by atoms with Gasteiger partial charge in [0.25, 0.3) is 5.91 Å². The lowest BCUT2D eigenvalue weighted by Gasteiger charge is -2.33. The van der Waals surface area contributed by atoms with Gasteiger partial charge in [-0.1, -0.05) is 28.1 Å². The summed E-state index contributed by atoms with van der Waals surface area (Å²) in [5.41, 5.74) is 7.70. The van der Waals surface area contributed by atoms with Crippen molar-refractivity contribution in [1.29, 1.82) is 0 Å². The maximum absolute atomic E-state index is 14.0. The number of benzene rings is 2. The number of aliphatic hydroxyl groups is 1. The van der Waals surface area contributed by atoms with E-state index in [4.69, 9.17) is 5.73 Å². The molecule has 1 aliphatic heterocycles.